The van der Waals surface area contributed by atoms with E-state index < -0.39 is 5.60 Å². The molecule has 0 aliphatic carbocycles. The van der Waals surface area contributed by atoms with Crippen molar-refractivity contribution in [3.63, 3.8) is 0 Å². The second-order valence-electron chi connectivity index (χ2n) is 3.54. The lowest BCUT2D eigenvalue weighted by Crippen LogP contribution is -2.27. The predicted octanol–water partition coefficient (Wildman–Crippen LogP) is 1.95. The van der Waals surface area contributed by atoms with Crippen molar-refractivity contribution in [2.45, 2.75) is 26.4 Å². The standard InChI is InChI=1S/C10H15NO/c1-8(2)10(3,12)9-5-4-6-11-7-9/h4-8,12H,1-3H3. The van der Waals surface area contributed by atoms with Gasteiger partial charge in [0.25, 0.3) is 0 Å². The number of aromatic nitrogens is 1. The van der Waals surface area contributed by atoms with E-state index in [9.17, 15) is 5.11 Å². The van der Waals surface area contributed by atoms with Crippen molar-refractivity contribution in [1.82, 2.24) is 4.98 Å². The van der Waals surface area contributed by atoms with E-state index in [1.165, 1.54) is 0 Å². The zero-order valence-electron chi connectivity index (χ0n) is 7.78. The van der Waals surface area contributed by atoms with E-state index in [1.54, 1.807) is 12.4 Å². The number of pyridine rings is 1. The highest BCUT2D eigenvalue weighted by Gasteiger charge is 2.26. The molecule has 66 valence electrons. The van der Waals surface area contributed by atoms with Crippen molar-refractivity contribution in [2.75, 3.05) is 0 Å². The first-order valence-electron chi connectivity index (χ1n) is 4.18. The van der Waals surface area contributed by atoms with Crippen LogP contribution >= 0.6 is 0 Å². The molecule has 1 aromatic heterocycles. The largest absolute Gasteiger partial charge is 0.385 e. The fraction of sp³-hybridized carbons (Fsp3) is 0.500. The molecule has 0 radical (unpaired) electrons. The van der Waals surface area contributed by atoms with E-state index >= 15 is 0 Å². The predicted molar refractivity (Wildman–Crippen MR) is 48.6 cm³/mol. The highest BCUT2D eigenvalue weighted by atomic mass is 16.3. The molecule has 1 aromatic rings. The van der Waals surface area contributed by atoms with Crippen LogP contribution in [0.5, 0.6) is 0 Å². The zero-order valence-corrected chi connectivity index (χ0v) is 7.78. The summed E-state index contributed by atoms with van der Waals surface area (Å²) in [4.78, 5) is 3.97. The van der Waals surface area contributed by atoms with E-state index in [4.69, 9.17) is 0 Å². The van der Waals surface area contributed by atoms with E-state index in [-0.39, 0.29) is 5.92 Å². The topological polar surface area (TPSA) is 33.1 Å². The zero-order chi connectivity index (χ0) is 9.19. The molecule has 12 heavy (non-hydrogen) atoms. The van der Waals surface area contributed by atoms with Gasteiger partial charge in [0.1, 0.15) is 0 Å². The quantitative estimate of drug-likeness (QED) is 0.726. The molecule has 0 aromatic carbocycles. The number of rotatable bonds is 2. The van der Waals surface area contributed by atoms with E-state index in [0.29, 0.717) is 0 Å². The van der Waals surface area contributed by atoms with Crippen LogP contribution in [0.2, 0.25) is 0 Å². The summed E-state index contributed by atoms with van der Waals surface area (Å²) in [5.41, 5.74) is 0.105. The normalized spacial score (nSPS) is 16.1. The van der Waals surface area contributed by atoms with Gasteiger partial charge in [-0.3, -0.25) is 4.98 Å². The molecule has 0 spiro atoms. The second-order valence-corrected chi connectivity index (χ2v) is 3.54. The lowest BCUT2D eigenvalue weighted by molar-refractivity contribution is 0.00874. The first-order valence-corrected chi connectivity index (χ1v) is 4.18. The highest BCUT2D eigenvalue weighted by molar-refractivity contribution is 5.17. The Morgan fingerprint density at radius 1 is 1.50 bits per heavy atom. The van der Waals surface area contributed by atoms with Gasteiger partial charge in [0.2, 0.25) is 0 Å². The van der Waals surface area contributed by atoms with Gasteiger partial charge in [-0.2, -0.15) is 0 Å². The van der Waals surface area contributed by atoms with Crippen LogP contribution in [-0.4, -0.2) is 10.1 Å². The van der Waals surface area contributed by atoms with Crippen molar-refractivity contribution >= 4 is 0 Å². The summed E-state index contributed by atoms with van der Waals surface area (Å²) in [6.45, 7) is 5.80. The van der Waals surface area contributed by atoms with Gasteiger partial charge in [-0.15, -0.1) is 0 Å². The summed E-state index contributed by atoms with van der Waals surface area (Å²) >= 11 is 0. The molecule has 1 atom stereocenters. The van der Waals surface area contributed by atoms with Crippen molar-refractivity contribution in [3.05, 3.63) is 30.1 Å². The third-order valence-electron chi connectivity index (χ3n) is 2.37. The lowest BCUT2D eigenvalue weighted by Gasteiger charge is -2.27. The summed E-state index contributed by atoms with van der Waals surface area (Å²) in [5, 5.41) is 10.0. The molecule has 1 unspecified atom stereocenters. The fourth-order valence-electron chi connectivity index (χ4n) is 0.995. The Labute approximate surface area is 73.3 Å². The average molecular weight is 165 g/mol. The Bertz CT molecular complexity index is 241. The fourth-order valence-corrected chi connectivity index (χ4v) is 0.995. The van der Waals surface area contributed by atoms with Gasteiger partial charge in [-0.25, -0.2) is 0 Å². The summed E-state index contributed by atoms with van der Waals surface area (Å²) in [6, 6.07) is 3.74. The van der Waals surface area contributed by atoms with E-state index in [1.807, 2.05) is 32.9 Å². The molecule has 0 fully saturated rings. The Morgan fingerprint density at radius 2 is 2.17 bits per heavy atom. The molecule has 2 nitrogen and oxygen atoms in total. The van der Waals surface area contributed by atoms with Crippen LogP contribution in [0.1, 0.15) is 26.3 Å². The molecule has 0 bridgehead atoms. The van der Waals surface area contributed by atoms with Crippen molar-refractivity contribution in [3.8, 4) is 0 Å². The summed E-state index contributed by atoms with van der Waals surface area (Å²) in [7, 11) is 0. The van der Waals surface area contributed by atoms with E-state index in [0.717, 1.165) is 5.56 Å². The third kappa shape index (κ3) is 1.64. The van der Waals surface area contributed by atoms with Crippen LogP contribution in [-0.2, 0) is 5.60 Å². The maximum atomic E-state index is 10.0. The maximum absolute atomic E-state index is 10.0. The van der Waals surface area contributed by atoms with Gasteiger partial charge in [0.05, 0.1) is 5.60 Å². The second kappa shape index (κ2) is 3.23. The Hall–Kier alpha value is -0.890. The number of aliphatic hydroxyl groups is 1. The molecule has 1 rings (SSSR count). The molecule has 0 amide bonds. The molecule has 0 saturated heterocycles. The minimum atomic E-state index is -0.770. The Balaban J connectivity index is 2.98. The number of nitrogens with zero attached hydrogens (tertiary/aromatic N) is 1. The van der Waals surface area contributed by atoms with Crippen molar-refractivity contribution in [1.29, 1.82) is 0 Å². The summed E-state index contributed by atoms with van der Waals surface area (Å²) < 4.78 is 0. The molecule has 1 heterocycles. The molecule has 0 aliphatic rings. The van der Waals surface area contributed by atoms with E-state index in [2.05, 4.69) is 4.98 Å². The monoisotopic (exact) mass is 165 g/mol. The minimum Gasteiger partial charge on any atom is -0.385 e. The smallest absolute Gasteiger partial charge is 0.0906 e. The van der Waals surface area contributed by atoms with Gasteiger partial charge in [0.15, 0.2) is 0 Å². The molecular weight excluding hydrogens is 150 g/mol. The average Bonchev–Trinajstić information content (AvgIpc) is 2.06. The molecular formula is C10H15NO. The molecule has 1 N–H and O–H groups in total. The van der Waals surface area contributed by atoms with Crippen LogP contribution in [0.3, 0.4) is 0 Å². The Kier molecular flexibility index (Phi) is 2.48. The first-order chi connectivity index (χ1) is 5.55. The Morgan fingerprint density at radius 3 is 2.58 bits per heavy atom. The van der Waals surface area contributed by atoms with Crippen LogP contribution in [0.15, 0.2) is 24.5 Å². The third-order valence-corrected chi connectivity index (χ3v) is 2.37. The van der Waals surface area contributed by atoms with Gasteiger partial charge in [0, 0.05) is 18.0 Å². The molecule has 0 saturated carbocycles. The maximum Gasteiger partial charge on any atom is 0.0906 e. The van der Waals surface area contributed by atoms with Gasteiger partial charge >= 0.3 is 0 Å². The van der Waals surface area contributed by atoms with Crippen molar-refractivity contribution < 1.29 is 5.11 Å². The lowest BCUT2D eigenvalue weighted by atomic mass is 9.86. The SMILES string of the molecule is CC(C)C(C)(O)c1cccnc1. The van der Waals surface area contributed by atoms with Crippen LogP contribution in [0, 0.1) is 5.92 Å². The molecule has 0 aliphatic heterocycles. The number of hydrogen-bond acceptors (Lipinski definition) is 2. The molecule has 2 heteroatoms. The van der Waals surface area contributed by atoms with Crippen LogP contribution < -0.4 is 0 Å². The highest BCUT2D eigenvalue weighted by Crippen LogP contribution is 2.27. The van der Waals surface area contributed by atoms with Crippen LogP contribution in [0.25, 0.3) is 0 Å². The van der Waals surface area contributed by atoms with Gasteiger partial charge in [-0.1, -0.05) is 19.9 Å². The van der Waals surface area contributed by atoms with Gasteiger partial charge < -0.3 is 5.11 Å². The van der Waals surface area contributed by atoms with Crippen LogP contribution in [0.4, 0.5) is 0 Å². The van der Waals surface area contributed by atoms with Crippen molar-refractivity contribution in [2.24, 2.45) is 5.92 Å². The summed E-state index contributed by atoms with van der Waals surface area (Å²) in [5.74, 6) is 0.196. The number of hydrogen-bond donors (Lipinski definition) is 1. The summed E-state index contributed by atoms with van der Waals surface area (Å²) in [6.07, 6.45) is 3.42. The van der Waals surface area contributed by atoms with Gasteiger partial charge in [-0.05, 0) is 18.9 Å². The first kappa shape index (κ1) is 9.20. The minimum absolute atomic E-state index is 0.196.